The van der Waals surface area contributed by atoms with Crippen LogP contribution in [0.5, 0.6) is 0 Å². The zero-order valence-corrected chi connectivity index (χ0v) is 39.8. The van der Waals surface area contributed by atoms with E-state index in [0.717, 1.165) is 72.2 Å². The number of allylic oxidation sites excluding steroid dienone is 4. The zero-order valence-electron chi connectivity index (χ0n) is 39.8. The SMILES string of the molecule is CCOC(=O)CCC1=C(C)c2cc3[nH]c(cc4[nH]c(cc5nc(cc1n2)C(C)=C5CCC(=O)OCC)c(C)c4CCC(=O)NCC(=O)NCCc1ccc(N)cc1)c(C)c3CCC(=O)OCC. The summed E-state index contributed by atoms with van der Waals surface area (Å²) in [4.78, 5) is 81.6. The number of nitrogens with zero attached hydrogens (tertiary/aromatic N) is 2. The summed E-state index contributed by atoms with van der Waals surface area (Å²) < 4.78 is 15.9. The summed E-state index contributed by atoms with van der Waals surface area (Å²) in [5, 5.41) is 5.64. The van der Waals surface area contributed by atoms with E-state index in [2.05, 4.69) is 20.6 Å². The smallest absolute Gasteiger partial charge is 0.306 e. The molecular weight excluding hydrogens is 851 g/mol. The number of anilines is 1. The number of amides is 2. The number of H-pyrrole nitrogens is 2. The lowest BCUT2D eigenvalue weighted by Crippen LogP contribution is -2.37. The van der Waals surface area contributed by atoms with Crippen LogP contribution in [-0.2, 0) is 57.4 Å². The number of hydrogen-bond acceptors (Lipinski definition) is 11. The molecular formula is C52H63N7O8. The zero-order chi connectivity index (χ0) is 48.2. The van der Waals surface area contributed by atoms with Crippen molar-refractivity contribution in [2.24, 2.45) is 0 Å². The molecule has 1 aromatic carbocycles. The van der Waals surface area contributed by atoms with Crippen molar-refractivity contribution in [3.05, 3.63) is 99.1 Å². The summed E-state index contributed by atoms with van der Waals surface area (Å²) in [7, 11) is 0. The average Bonchev–Trinajstić information content (AvgIpc) is 3.96. The van der Waals surface area contributed by atoms with E-state index in [9.17, 15) is 24.0 Å². The Morgan fingerprint density at radius 2 is 1.00 bits per heavy atom. The van der Waals surface area contributed by atoms with Gasteiger partial charge in [0.2, 0.25) is 11.8 Å². The molecule has 15 heteroatoms. The predicted molar refractivity (Wildman–Crippen MR) is 261 cm³/mol. The number of rotatable bonds is 20. The number of aromatic amines is 2. The highest BCUT2D eigenvalue weighted by atomic mass is 16.5. The first kappa shape index (κ1) is 49.4. The molecule has 0 fully saturated rings. The van der Waals surface area contributed by atoms with Gasteiger partial charge in [0.15, 0.2) is 0 Å². The van der Waals surface area contributed by atoms with Gasteiger partial charge in [-0.2, -0.15) is 0 Å². The van der Waals surface area contributed by atoms with Crippen molar-refractivity contribution in [2.75, 3.05) is 38.6 Å². The van der Waals surface area contributed by atoms with Crippen molar-refractivity contribution in [1.82, 2.24) is 30.6 Å². The van der Waals surface area contributed by atoms with Gasteiger partial charge in [-0.15, -0.1) is 0 Å². The lowest BCUT2D eigenvalue weighted by Gasteiger charge is -2.08. The maximum Gasteiger partial charge on any atom is 0.306 e. The molecule has 3 aromatic heterocycles. The quantitative estimate of drug-likeness (QED) is 0.0325. The fraction of sp³-hybridized carbons (Fsp3) is 0.404. The van der Waals surface area contributed by atoms with Gasteiger partial charge < -0.3 is 40.5 Å². The van der Waals surface area contributed by atoms with Crippen molar-refractivity contribution in [1.29, 1.82) is 0 Å². The third-order valence-electron chi connectivity index (χ3n) is 12.2. The molecule has 354 valence electrons. The summed E-state index contributed by atoms with van der Waals surface area (Å²) >= 11 is 0. The molecule has 0 aliphatic carbocycles. The summed E-state index contributed by atoms with van der Waals surface area (Å²) in [6.07, 6.45) is 2.81. The van der Waals surface area contributed by atoms with Gasteiger partial charge in [-0.1, -0.05) is 12.1 Å². The van der Waals surface area contributed by atoms with Crippen molar-refractivity contribution < 1.29 is 38.2 Å². The van der Waals surface area contributed by atoms with Crippen LogP contribution in [0.1, 0.15) is 124 Å². The molecule has 8 bridgehead atoms. The minimum Gasteiger partial charge on any atom is -0.466 e. The number of carbonyl (C=O) groups excluding carboxylic acids is 5. The minimum absolute atomic E-state index is 0.116. The fourth-order valence-corrected chi connectivity index (χ4v) is 8.47. The van der Waals surface area contributed by atoms with Crippen molar-refractivity contribution >= 4 is 79.8 Å². The summed E-state index contributed by atoms with van der Waals surface area (Å²) in [6.45, 7) is 14.4. The van der Waals surface area contributed by atoms with Crippen molar-refractivity contribution in [3.8, 4) is 0 Å². The topological polar surface area (TPSA) is 220 Å². The van der Waals surface area contributed by atoms with Gasteiger partial charge in [0.1, 0.15) is 0 Å². The number of ether oxygens (including phenoxy) is 3. The molecule has 0 unspecified atom stereocenters. The number of nitrogens with one attached hydrogen (secondary N) is 4. The lowest BCUT2D eigenvalue weighted by molar-refractivity contribution is -0.143. The first-order valence-electron chi connectivity index (χ1n) is 23.2. The Hall–Kier alpha value is -7.03. The first-order valence-corrected chi connectivity index (χ1v) is 23.2. The van der Waals surface area contributed by atoms with Gasteiger partial charge in [0.05, 0.1) is 49.1 Å². The van der Waals surface area contributed by atoms with E-state index >= 15 is 0 Å². The van der Waals surface area contributed by atoms with E-state index in [1.54, 1.807) is 20.8 Å². The Morgan fingerprint density at radius 1 is 0.537 bits per heavy atom. The predicted octanol–water partition coefficient (Wildman–Crippen LogP) is 7.97. The Balaban J connectivity index is 1.44. The van der Waals surface area contributed by atoms with Crippen LogP contribution in [0.25, 0.3) is 44.4 Å². The molecule has 0 atom stereocenters. The van der Waals surface area contributed by atoms with Gasteiger partial charge in [0.25, 0.3) is 0 Å². The summed E-state index contributed by atoms with van der Waals surface area (Å²) in [5.41, 5.74) is 20.5. The highest BCUT2D eigenvalue weighted by Gasteiger charge is 2.24. The monoisotopic (exact) mass is 913 g/mol. The van der Waals surface area contributed by atoms with Crippen LogP contribution < -0.4 is 16.4 Å². The third-order valence-corrected chi connectivity index (χ3v) is 12.2. The number of benzene rings is 1. The van der Waals surface area contributed by atoms with E-state index < -0.39 is 0 Å². The molecule has 0 spiro atoms. The molecule has 0 radical (unpaired) electrons. The number of carbonyl (C=O) groups is 5. The molecule has 4 aromatic rings. The largest absolute Gasteiger partial charge is 0.466 e. The third kappa shape index (κ3) is 12.7. The molecule has 5 heterocycles. The van der Waals surface area contributed by atoms with Crippen LogP contribution in [0.3, 0.4) is 0 Å². The summed E-state index contributed by atoms with van der Waals surface area (Å²) in [5.74, 6) is -1.46. The normalized spacial score (nSPS) is 12.3. The Kier molecular flexibility index (Phi) is 16.9. The standard InChI is InChI=1S/C52H63N7O8/c1-8-65-50(62)20-16-37-31(5)41-25-44-36(15-19-48(60)55-29-49(61)54-24-23-34-11-13-35(53)14-12-34)30(4)40(56-44)26-45-38(17-21-51(63)66-9-2)32(6)42(58-45)28-47-39(18-22-52(64)67-10-3)33(7)43(59-47)27-46(37)57-41/h11-14,25-28,56-57H,8-10,15-24,29,53H2,1-7H3,(H,54,61)(H,55,60). The molecule has 0 saturated heterocycles. The Bertz CT molecular complexity index is 2760. The second-order valence-electron chi connectivity index (χ2n) is 16.7. The Labute approximate surface area is 391 Å². The Morgan fingerprint density at radius 3 is 1.55 bits per heavy atom. The number of hydrogen-bond donors (Lipinski definition) is 5. The van der Waals surface area contributed by atoms with Crippen molar-refractivity contribution in [3.63, 3.8) is 0 Å². The highest BCUT2D eigenvalue weighted by molar-refractivity contribution is 5.97. The summed E-state index contributed by atoms with van der Waals surface area (Å²) in [6, 6.07) is 15.4. The molecule has 2 amide bonds. The van der Waals surface area contributed by atoms with Gasteiger partial charge in [-0.25, -0.2) is 9.97 Å². The van der Waals surface area contributed by atoms with Gasteiger partial charge >= 0.3 is 17.9 Å². The number of aryl methyl sites for hydroxylation is 4. The van der Waals surface area contributed by atoms with E-state index in [1.165, 1.54) is 0 Å². The number of nitrogens with two attached hydrogens (primary N) is 1. The van der Waals surface area contributed by atoms with E-state index in [4.69, 9.17) is 29.9 Å². The van der Waals surface area contributed by atoms with Crippen LogP contribution in [0, 0.1) is 13.8 Å². The van der Waals surface area contributed by atoms with Crippen LogP contribution in [0.15, 0.2) is 48.5 Å². The van der Waals surface area contributed by atoms with E-state index in [0.29, 0.717) is 67.1 Å². The van der Waals surface area contributed by atoms with Gasteiger partial charge in [-0.05, 0) is 167 Å². The van der Waals surface area contributed by atoms with Crippen LogP contribution in [0.2, 0.25) is 0 Å². The molecule has 0 saturated carbocycles. The molecule has 2 aliphatic heterocycles. The molecule has 6 N–H and O–H groups in total. The number of nitrogen functional groups attached to an aromatic ring is 1. The average molecular weight is 914 g/mol. The van der Waals surface area contributed by atoms with Crippen LogP contribution in [0.4, 0.5) is 5.69 Å². The molecule has 2 aliphatic rings. The molecule has 6 rings (SSSR count). The number of aromatic nitrogens is 4. The highest BCUT2D eigenvalue weighted by Crippen LogP contribution is 2.38. The van der Waals surface area contributed by atoms with Crippen LogP contribution >= 0.6 is 0 Å². The fourth-order valence-electron chi connectivity index (χ4n) is 8.47. The van der Waals surface area contributed by atoms with Crippen LogP contribution in [-0.4, -0.2) is 82.6 Å². The van der Waals surface area contributed by atoms with Gasteiger partial charge in [0, 0.05) is 60.0 Å². The maximum atomic E-state index is 13.3. The second kappa shape index (κ2) is 22.9. The number of fused-ring (bicyclic) bond motifs is 8. The molecule has 67 heavy (non-hydrogen) atoms. The number of esters is 3. The van der Waals surface area contributed by atoms with E-state index in [1.807, 2.05) is 76.2 Å². The van der Waals surface area contributed by atoms with Gasteiger partial charge in [-0.3, -0.25) is 24.0 Å². The minimum atomic E-state index is -0.306. The van der Waals surface area contributed by atoms with Crippen molar-refractivity contribution in [2.45, 2.75) is 106 Å². The second-order valence-corrected chi connectivity index (χ2v) is 16.7. The van der Waals surface area contributed by atoms with E-state index in [-0.39, 0.29) is 81.8 Å². The maximum absolute atomic E-state index is 13.3. The first-order chi connectivity index (χ1) is 32.2. The lowest BCUT2D eigenvalue weighted by atomic mass is 9.98. The molecule has 15 nitrogen and oxygen atoms in total.